The normalized spacial score (nSPS) is 9.75. The topological polar surface area (TPSA) is 33.4 Å². The summed E-state index contributed by atoms with van der Waals surface area (Å²) in [7, 11) is 0. The molecule has 1 rings (SSSR count). The van der Waals surface area contributed by atoms with E-state index in [1.807, 2.05) is 0 Å². The molecule has 44 valence electrons. The third kappa shape index (κ3) is 0.721. The molecular weight excluding hydrogens is 111 g/mol. The van der Waals surface area contributed by atoms with E-state index in [0.29, 0.717) is 0 Å². The van der Waals surface area contributed by atoms with Crippen LogP contribution in [-0.2, 0) is 6.61 Å². The molecule has 1 aromatic rings. The van der Waals surface area contributed by atoms with E-state index in [9.17, 15) is 4.39 Å². The molecule has 0 aliphatic carbocycles. The minimum atomic E-state index is -0.493. The van der Waals surface area contributed by atoms with Crippen molar-refractivity contribution >= 4 is 0 Å². The fraction of sp³-hybridized carbons (Fsp3) is 0.200. The lowest BCUT2D eigenvalue weighted by Crippen LogP contribution is -1.80. The number of hydrogen-bond donors (Lipinski definition) is 1. The van der Waals surface area contributed by atoms with E-state index in [1.54, 1.807) is 0 Å². The van der Waals surface area contributed by atoms with E-state index in [-0.39, 0.29) is 12.4 Å². The molecule has 2 nitrogen and oxygen atoms in total. The lowest BCUT2D eigenvalue weighted by atomic mass is 10.5. The molecular formula is C5H5FO2. The Hall–Kier alpha value is -0.830. The Labute approximate surface area is 45.6 Å². The molecule has 0 aliphatic heterocycles. The van der Waals surface area contributed by atoms with Crippen LogP contribution in [0.5, 0.6) is 0 Å². The zero-order chi connectivity index (χ0) is 5.98. The Kier molecular flexibility index (Phi) is 1.30. The van der Waals surface area contributed by atoms with Crippen LogP contribution in [-0.4, -0.2) is 5.11 Å². The third-order valence-corrected chi connectivity index (χ3v) is 0.835. The van der Waals surface area contributed by atoms with Crippen molar-refractivity contribution < 1.29 is 13.9 Å². The van der Waals surface area contributed by atoms with Gasteiger partial charge in [-0.25, -0.2) is 4.39 Å². The molecule has 1 N–H and O–H groups in total. The molecule has 1 aromatic heterocycles. The molecule has 0 fully saturated rings. The monoisotopic (exact) mass is 116 g/mol. The van der Waals surface area contributed by atoms with Gasteiger partial charge in [0.15, 0.2) is 11.6 Å². The summed E-state index contributed by atoms with van der Waals surface area (Å²) in [6, 6.07) is 1.16. The van der Waals surface area contributed by atoms with E-state index in [2.05, 4.69) is 4.42 Å². The van der Waals surface area contributed by atoms with Crippen molar-refractivity contribution in [3.63, 3.8) is 0 Å². The molecule has 3 heteroatoms. The predicted molar refractivity (Wildman–Crippen MR) is 24.6 cm³/mol. The Morgan fingerprint density at radius 2 is 2.50 bits per heavy atom. The van der Waals surface area contributed by atoms with E-state index in [1.165, 1.54) is 6.26 Å². The predicted octanol–water partition coefficient (Wildman–Crippen LogP) is 0.911. The Morgan fingerprint density at radius 3 is 2.75 bits per heavy atom. The minimum absolute atomic E-state index is 0.00926. The van der Waals surface area contributed by atoms with Gasteiger partial charge in [0.05, 0.1) is 6.26 Å². The summed E-state index contributed by atoms with van der Waals surface area (Å²) in [6.07, 6.45) is 1.20. The summed E-state index contributed by atoms with van der Waals surface area (Å²) < 4.78 is 16.6. The highest BCUT2D eigenvalue weighted by Gasteiger charge is 2.00. The first-order valence-electron chi connectivity index (χ1n) is 2.17. The second-order valence-electron chi connectivity index (χ2n) is 1.35. The van der Waals surface area contributed by atoms with Crippen LogP contribution in [0.25, 0.3) is 0 Å². The minimum Gasteiger partial charge on any atom is -0.464 e. The molecule has 0 aromatic carbocycles. The summed E-state index contributed by atoms with van der Waals surface area (Å²) in [5.41, 5.74) is 0. The number of aliphatic hydroxyl groups is 1. The van der Waals surface area contributed by atoms with E-state index in [4.69, 9.17) is 5.11 Å². The van der Waals surface area contributed by atoms with Gasteiger partial charge in [-0.3, -0.25) is 0 Å². The van der Waals surface area contributed by atoms with Gasteiger partial charge in [-0.2, -0.15) is 0 Å². The number of aliphatic hydroxyl groups excluding tert-OH is 1. The highest BCUT2D eigenvalue weighted by Crippen LogP contribution is 2.06. The number of halogens is 1. The van der Waals surface area contributed by atoms with Gasteiger partial charge in [0.1, 0.15) is 6.61 Å². The largest absolute Gasteiger partial charge is 0.464 e. The molecule has 0 amide bonds. The lowest BCUT2D eigenvalue weighted by molar-refractivity contribution is 0.239. The first-order valence-corrected chi connectivity index (χ1v) is 2.17. The van der Waals surface area contributed by atoms with Crippen molar-refractivity contribution in [2.75, 3.05) is 0 Å². The molecule has 0 aliphatic rings. The maximum atomic E-state index is 12.1. The summed E-state index contributed by atoms with van der Waals surface area (Å²) in [6.45, 7) is -0.376. The zero-order valence-electron chi connectivity index (χ0n) is 4.10. The van der Waals surface area contributed by atoms with Gasteiger partial charge in [0.25, 0.3) is 0 Å². The van der Waals surface area contributed by atoms with Crippen LogP contribution in [0, 0.1) is 5.82 Å². The highest BCUT2D eigenvalue weighted by molar-refractivity contribution is 5.00. The molecule has 0 saturated heterocycles. The molecule has 0 unspecified atom stereocenters. The van der Waals surface area contributed by atoms with E-state index >= 15 is 0 Å². The lowest BCUT2D eigenvalue weighted by Gasteiger charge is -1.83. The standard InChI is InChI=1S/C5H5FO2/c6-4-1-2-8-5(4)3-7/h1-2,7H,3H2. The van der Waals surface area contributed by atoms with Gasteiger partial charge in [-0.15, -0.1) is 0 Å². The maximum Gasteiger partial charge on any atom is 0.166 e. The van der Waals surface area contributed by atoms with Crippen LogP contribution >= 0.6 is 0 Å². The fourth-order valence-corrected chi connectivity index (χ4v) is 0.438. The molecule has 0 atom stereocenters. The molecule has 1 heterocycles. The second-order valence-corrected chi connectivity index (χ2v) is 1.35. The van der Waals surface area contributed by atoms with Crippen molar-refractivity contribution in [1.82, 2.24) is 0 Å². The van der Waals surface area contributed by atoms with Gasteiger partial charge in [0.2, 0.25) is 0 Å². The first kappa shape index (κ1) is 5.31. The maximum absolute atomic E-state index is 12.1. The fourth-order valence-electron chi connectivity index (χ4n) is 0.438. The SMILES string of the molecule is OCc1occc1F. The van der Waals surface area contributed by atoms with Crippen molar-refractivity contribution in [3.8, 4) is 0 Å². The van der Waals surface area contributed by atoms with Crippen molar-refractivity contribution in [1.29, 1.82) is 0 Å². The van der Waals surface area contributed by atoms with E-state index in [0.717, 1.165) is 6.07 Å². The summed E-state index contributed by atoms with van der Waals surface area (Å²) >= 11 is 0. The quantitative estimate of drug-likeness (QED) is 0.591. The van der Waals surface area contributed by atoms with Crippen LogP contribution in [0.15, 0.2) is 16.7 Å². The highest BCUT2D eigenvalue weighted by atomic mass is 19.1. The van der Waals surface area contributed by atoms with Crippen molar-refractivity contribution in [2.45, 2.75) is 6.61 Å². The number of rotatable bonds is 1. The summed E-state index contributed by atoms with van der Waals surface area (Å²) in [5.74, 6) is -0.502. The Balaban J connectivity index is 2.92. The van der Waals surface area contributed by atoms with E-state index < -0.39 is 5.82 Å². The summed E-state index contributed by atoms with van der Waals surface area (Å²) in [4.78, 5) is 0. The van der Waals surface area contributed by atoms with Gasteiger partial charge in [-0.05, 0) is 0 Å². The average molecular weight is 116 g/mol. The molecule has 0 radical (unpaired) electrons. The van der Waals surface area contributed by atoms with Gasteiger partial charge < -0.3 is 9.52 Å². The van der Waals surface area contributed by atoms with Gasteiger partial charge >= 0.3 is 0 Å². The van der Waals surface area contributed by atoms with Gasteiger partial charge in [0, 0.05) is 6.07 Å². The average Bonchev–Trinajstić information content (AvgIpc) is 2.14. The van der Waals surface area contributed by atoms with Gasteiger partial charge in [-0.1, -0.05) is 0 Å². The van der Waals surface area contributed by atoms with Crippen LogP contribution in [0.2, 0.25) is 0 Å². The third-order valence-electron chi connectivity index (χ3n) is 0.835. The Bertz CT molecular complexity index is 171. The zero-order valence-corrected chi connectivity index (χ0v) is 4.10. The van der Waals surface area contributed by atoms with Crippen molar-refractivity contribution in [2.24, 2.45) is 0 Å². The molecule has 0 spiro atoms. The number of furan rings is 1. The first-order chi connectivity index (χ1) is 3.84. The number of hydrogen-bond acceptors (Lipinski definition) is 2. The molecule has 0 saturated carbocycles. The smallest absolute Gasteiger partial charge is 0.166 e. The molecule has 0 bridgehead atoms. The molecule has 8 heavy (non-hydrogen) atoms. The summed E-state index contributed by atoms with van der Waals surface area (Å²) in [5, 5.41) is 8.27. The second kappa shape index (κ2) is 1.96. The Morgan fingerprint density at radius 1 is 1.75 bits per heavy atom. The van der Waals surface area contributed by atoms with Crippen molar-refractivity contribution in [3.05, 3.63) is 23.9 Å². The van der Waals surface area contributed by atoms with Crippen LogP contribution in [0.3, 0.4) is 0 Å². The van der Waals surface area contributed by atoms with Crippen LogP contribution in [0.4, 0.5) is 4.39 Å². The van der Waals surface area contributed by atoms with Crippen LogP contribution < -0.4 is 0 Å². The van der Waals surface area contributed by atoms with Crippen LogP contribution in [0.1, 0.15) is 5.76 Å².